The molecule has 1 aliphatic carbocycles. The molecular formula is C24H30N2O3S. The van der Waals surface area contributed by atoms with E-state index in [2.05, 4.69) is 41.4 Å². The van der Waals surface area contributed by atoms with Gasteiger partial charge in [-0.2, -0.15) is 0 Å². The van der Waals surface area contributed by atoms with Gasteiger partial charge in [-0.3, -0.25) is 9.69 Å². The van der Waals surface area contributed by atoms with Crippen LogP contribution in [-0.2, 0) is 28.9 Å². The SMILES string of the molecule is COC(=O)c1c(NC(=O)C2CCN(Cc3ccccc3C)CC2)sc2c1CCCC2. The van der Waals surface area contributed by atoms with Gasteiger partial charge in [-0.05, 0) is 75.2 Å². The number of ether oxygens (including phenoxy) is 1. The third kappa shape index (κ3) is 4.44. The van der Waals surface area contributed by atoms with Crippen LogP contribution < -0.4 is 5.32 Å². The first-order valence-electron chi connectivity index (χ1n) is 10.9. The van der Waals surface area contributed by atoms with Crippen molar-refractivity contribution in [2.45, 2.75) is 52.0 Å². The molecule has 1 N–H and O–H groups in total. The molecule has 2 aliphatic rings. The van der Waals surface area contributed by atoms with Gasteiger partial charge in [0.25, 0.3) is 0 Å². The predicted molar refractivity (Wildman–Crippen MR) is 120 cm³/mol. The molecular weight excluding hydrogens is 396 g/mol. The average Bonchev–Trinajstić information content (AvgIpc) is 3.13. The van der Waals surface area contributed by atoms with Crippen molar-refractivity contribution in [3.63, 3.8) is 0 Å². The van der Waals surface area contributed by atoms with Crippen LogP contribution in [0.2, 0.25) is 0 Å². The van der Waals surface area contributed by atoms with Gasteiger partial charge < -0.3 is 10.1 Å². The molecule has 5 nitrogen and oxygen atoms in total. The number of nitrogens with one attached hydrogen (secondary N) is 1. The van der Waals surface area contributed by atoms with Crippen molar-refractivity contribution in [2.75, 3.05) is 25.5 Å². The summed E-state index contributed by atoms with van der Waals surface area (Å²) in [6.07, 6.45) is 5.79. The summed E-state index contributed by atoms with van der Waals surface area (Å²) in [5, 5.41) is 3.77. The summed E-state index contributed by atoms with van der Waals surface area (Å²) in [6, 6.07) is 8.48. The number of hydrogen-bond donors (Lipinski definition) is 1. The maximum atomic E-state index is 13.0. The minimum Gasteiger partial charge on any atom is -0.465 e. The Morgan fingerprint density at radius 3 is 2.63 bits per heavy atom. The van der Waals surface area contributed by atoms with E-state index >= 15 is 0 Å². The van der Waals surface area contributed by atoms with Crippen LogP contribution in [0.3, 0.4) is 0 Å². The largest absolute Gasteiger partial charge is 0.465 e. The molecule has 0 bridgehead atoms. The molecule has 4 rings (SSSR count). The lowest BCUT2D eigenvalue weighted by molar-refractivity contribution is -0.121. The smallest absolute Gasteiger partial charge is 0.341 e. The van der Waals surface area contributed by atoms with Gasteiger partial charge in [-0.1, -0.05) is 24.3 Å². The van der Waals surface area contributed by atoms with Gasteiger partial charge in [-0.15, -0.1) is 11.3 Å². The highest BCUT2D eigenvalue weighted by Crippen LogP contribution is 2.39. The molecule has 30 heavy (non-hydrogen) atoms. The zero-order chi connectivity index (χ0) is 21.1. The summed E-state index contributed by atoms with van der Waals surface area (Å²) < 4.78 is 5.02. The highest BCUT2D eigenvalue weighted by molar-refractivity contribution is 7.17. The fourth-order valence-corrected chi connectivity index (χ4v) is 5.85. The molecule has 0 radical (unpaired) electrons. The van der Waals surface area contributed by atoms with E-state index in [0.29, 0.717) is 10.6 Å². The van der Waals surface area contributed by atoms with Crippen LogP contribution >= 0.6 is 11.3 Å². The number of esters is 1. The van der Waals surface area contributed by atoms with Crippen molar-refractivity contribution in [1.82, 2.24) is 4.90 Å². The molecule has 1 aromatic carbocycles. The van der Waals surface area contributed by atoms with Crippen LogP contribution in [0.4, 0.5) is 5.00 Å². The third-order valence-electron chi connectivity index (χ3n) is 6.41. The van der Waals surface area contributed by atoms with Gasteiger partial charge in [0.1, 0.15) is 5.00 Å². The van der Waals surface area contributed by atoms with Crippen molar-refractivity contribution in [1.29, 1.82) is 0 Å². The van der Waals surface area contributed by atoms with Gasteiger partial charge in [0.05, 0.1) is 12.7 Å². The normalized spacial score (nSPS) is 17.4. The summed E-state index contributed by atoms with van der Waals surface area (Å²) in [4.78, 5) is 29.0. The summed E-state index contributed by atoms with van der Waals surface area (Å²) in [6.45, 7) is 4.91. The van der Waals surface area contributed by atoms with Crippen LogP contribution in [0.25, 0.3) is 0 Å². The summed E-state index contributed by atoms with van der Waals surface area (Å²) in [5.41, 5.74) is 4.34. The standard InChI is InChI=1S/C24H30N2O3S/c1-16-7-3-4-8-18(16)15-26-13-11-17(12-14-26)22(27)25-23-21(24(28)29-2)19-9-5-6-10-20(19)30-23/h3-4,7-8,17H,5-6,9-15H2,1-2H3,(H,25,27). The number of aryl methyl sites for hydroxylation is 2. The Balaban J connectivity index is 1.39. The predicted octanol–water partition coefficient (Wildman–Crippen LogP) is 4.57. The summed E-state index contributed by atoms with van der Waals surface area (Å²) in [7, 11) is 1.41. The van der Waals surface area contributed by atoms with E-state index in [1.54, 1.807) is 11.3 Å². The number of benzene rings is 1. The minimum atomic E-state index is -0.335. The summed E-state index contributed by atoms with van der Waals surface area (Å²) in [5.74, 6) is -0.310. The first-order chi connectivity index (χ1) is 14.6. The number of anilines is 1. The second-order valence-electron chi connectivity index (χ2n) is 8.37. The number of amides is 1. The Hall–Kier alpha value is -2.18. The zero-order valence-corrected chi connectivity index (χ0v) is 18.6. The Kier molecular flexibility index (Phi) is 6.54. The van der Waals surface area contributed by atoms with E-state index in [4.69, 9.17) is 4.74 Å². The van der Waals surface area contributed by atoms with Gasteiger partial charge in [0.2, 0.25) is 5.91 Å². The Morgan fingerprint density at radius 1 is 1.17 bits per heavy atom. The molecule has 0 atom stereocenters. The monoisotopic (exact) mass is 426 g/mol. The van der Waals surface area contributed by atoms with Gasteiger partial charge in [-0.25, -0.2) is 4.79 Å². The lowest BCUT2D eigenvalue weighted by Crippen LogP contribution is -2.38. The van der Waals surface area contributed by atoms with Gasteiger partial charge in [0.15, 0.2) is 0 Å². The molecule has 0 saturated carbocycles. The van der Waals surface area contributed by atoms with Crippen LogP contribution in [0, 0.1) is 12.8 Å². The van der Waals surface area contributed by atoms with Crippen molar-refractivity contribution >= 4 is 28.2 Å². The number of thiophene rings is 1. The van der Waals surface area contributed by atoms with Crippen LogP contribution in [0.15, 0.2) is 24.3 Å². The molecule has 2 aromatic rings. The molecule has 1 aromatic heterocycles. The Morgan fingerprint density at radius 2 is 1.90 bits per heavy atom. The van der Waals surface area contributed by atoms with E-state index < -0.39 is 0 Å². The van der Waals surface area contributed by atoms with Crippen molar-refractivity contribution in [2.24, 2.45) is 5.92 Å². The zero-order valence-electron chi connectivity index (χ0n) is 17.8. The summed E-state index contributed by atoms with van der Waals surface area (Å²) >= 11 is 1.56. The fraction of sp³-hybridized carbons (Fsp3) is 0.500. The number of likely N-dealkylation sites (tertiary alicyclic amines) is 1. The van der Waals surface area contributed by atoms with Crippen molar-refractivity contribution in [3.05, 3.63) is 51.4 Å². The van der Waals surface area contributed by atoms with Crippen LogP contribution in [-0.4, -0.2) is 37.0 Å². The molecule has 1 saturated heterocycles. The maximum Gasteiger partial charge on any atom is 0.341 e. The lowest BCUT2D eigenvalue weighted by Gasteiger charge is -2.31. The van der Waals surface area contributed by atoms with Gasteiger partial charge >= 0.3 is 5.97 Å². The number of nitrogens with zero attached hydrogens (tertiary/aromatic N) is 1. The highest BCUT2D eigenvalue weighted by Gasteiger charge is 2.30. The van der Waals surface area contributed by atoms with E-state index in [9.17, 15) is 9.59 Å². The number of piperidine rings is 1. The molecule has 1 aliphatic heterocycles. The topological polar surface area (TPSA) is 58.6 Å². The maximum absolute atomic E-state index is 13.0. The number of fused-ring (bicyclic) bond motifs is 1. The molecule has 160 valence electrons. The number of hydrogen-bond acceptors (Lipinski definition) is 5. The quantitative estimate of drug-likeness (QED) is 0.712. The van der Waals surface area contributed by atoms with Crippen molar-refractivity contribution in [3.8, 4) is 0 Å². The first-order valence-corrected chi connectivity index (χ1v) is 11.7. The third-order valence-corrected chi connectivity index (χ3v) is 7.62. The van der Waals surface area contributed by atoms with Gasteiger partial charge in [0, 0.05) is 17.3 Å². The number of rotatable bonds is 5. The Bertz CT molecular complexity index is 929. The average molecular weight is 427 g/mol. The molecule has 1 amide bonds. The second-order valence-corrected chi connectivity index (χ2v) is 9.48. The molecule has 0 unspecified atom stereocenters. The van der Waals surface area contributed by atoms with Crippen LogP contribution in [0.1, 0.15) is 57.6 Å². The van der Waals surface area contributed by atoms with E-state index in [-0.39, 0.29) is 17.8 Å². The molecule has 2 heterocycles. The van der Waals surface area contributed by atoms with Crippen LogP contribution in [0.5, 0.6) is 0 Å². The number of methoxy groups -OCH3 is 1. The first kappa shape index (κ1) is 21.1. The highest BCUT2D eigenvalue weighted by atomic mass is 32.1. The van der Waals surface area contributed by atoms with E-state index in [1.807, 2.05) is 0 Å². The van der Waals surface area contributed by atoms with Crippen molar-refractivity contribution < 1.29 is 14.3 Å². The lowest BCUT2D eigenvalue weighted by atomic mass is 9.94. The molecule has 0 spiro atoms. The second kappa shape index (κ2) is 9.31. The fourth-order valence-electron chi connectivity index (χ4n) is 4.57. The Labute approximate surface area is 182 Å². The number of carbonyl (C=O) groups excluding carboxylic acids is 2. The number of carbonyl (C=O) groups is 2. The molecule has 1 fully saturated rings. The minimum absolute atomic E-state index is 0.0113. The van der Waals surface area contributed by atoms with E-state index in [0.717, 1.165) is 63.7 Å². The van der Waals surface area contributed by atoms with E-state index in [1.165, 1.54) is 23.1 Å². The molecule has 6 heteroatoms.